The van der Waals surface area contributed by atoms with Gasteiger partial charge < -0.3 is 24.3 Å². The van der Waals surface area contributed by atoms with Crippen LogP contribution in [0.5, 0.6) is 17.2 Å². The van der Waals surface area contributed by atoms with E-state index in [9.17, 15) is 4.79 Å². The Hall–Kier alpha value is -4.94. The molecular weight excluding hydrogens is 615 g/mol. The summed E-state index contributed by atoms with van der Waals surface area (Å²) in [4.78, 5) is 28.8. The molecule has 0 aliphatic carbocycles. The Morgan fingerprint density at radius 1 is 0.938 bits per heavy atom. The summed E-state index contributed by atoms with van der Waals surface area (Å²) in [6.45, 7) is 11.3. The molecule has 0 spiro atoms. The van der Waals surface area contributed by atoms with Gasteiger partial charge in [0.2, 0.25) is 5.95 Å². The van der Waals surface area contributed by atoms with Crippen molar-refractivity contribution in [2.45, 2.75) is 32.9 Å². The molecule has 0 bridgehead atoms. The van der Waals surface area contributed by atoms with E-state index < -0.39 is 18.0 Å². The third kappa shape index (κ3) is 8.69. The molecule has 1 aliphatic rings. The Bertz CT molecular complexity index is 1650. The number of nitrogens with one attached hydrogen (secondary N) is 1. The summed E-state index contributed by atoms with van der Waals surface area (Å²) in [7, 11) is 3.04. The number of amides is 1. The minimum Gasteiger partial charge on any atom is -0.497 e. The number of carbonyl (C=O) groups excluding carboxylic acids is 1. The minimum atomic E-state index is -0.686. The smallest absolute Gasteiger partial charge is 0.420 e. The van der Waals surface area contributed by atoms with E-state index in [-0.39, 0.29) is 17.5 Å². The number of hydrogen-bond donors (Lipinski definition) is 1. The summed E-state index contributed by atoms with van der Waals surface area (Å²) >= 11 is 0. The van der Waals surface area contributed by atoms with Crippen molar-refractivity contribution in [2.75, 3.05) is 63.8 Å². The van der Waals surface area contributed by atoms with Crippen LogP contribution in [0.15, 0.2) is 79.0 Å². The monoisotopic (exact) mass is 658 g/mol. The normalized spacial score (nSPS) is 14.3. The molecular formula is C36H43FN6O5. The quantitative estimate of drug-likeness (QED) is 0.165. The van der Waals surface area contributed by atoms with Gasteiger partial charge in [0.15, 0.2) is 11.6 Å². The molecule has 254 valence electrons. The van der Waals surface area contributed by atoms with Crippen LogP contribution in [-0.4, -0.2) is 85.5 Å². The second-order valence-electron chi connectivity index (χ2n) is 11.6. The first-order valence-corrected chi connectivity index (χ1v) is 16.0. The van der Waals surface area contributed by atoms with Gasteiger partial charge in [0.1, 0.15) is 30.0 Å². The van der Waals surface area contributed by atoms with Crippen molar-refractivity contribution in [3.63, 3.8) is 0 Å². The lowest BCUT2D eigenvalue weighted by atomic mass is 10.1. The first-order valence-electron chi connectivity index (χ1n) is 16.0. The molecule has 1 N–H and O–H groups in total. The maximum absolute atomic E-state index is 15.1. The molecule has 5 rings (SSSR count). The number of benzene rings is 3. The van der Waals surface area contributed by atoms with Crippen molar-refractivity contribution in [1.82, 2.24) is 19.8 Å². The van der Waals surface area contributed by atoms with Gasteiger partial charge in [0.05, 0.1) is 19.9 Å². The van der Waals surface area contributed by atoms with Crippen molar-refractivity contribution in [3.05, 3.63) is 90.4 Å². The number of carbonyl (C=O) groups is 1. The summed E-state index contributed by atoms with van der Waals surface area (Å²) in [6, 6.07) is 21.2. The number of nitrogens with zero attached hydrogens (tertiary/aromatic N) is 5. The molecule has 1 atom stereocenters. The Balaban J connectivity index is 1.30. The fraction of sp³-hybridized carbons (Fsp3) is 0.361. The predicted molar refractivity (Wildman–Crippen MR) is 183 cm³/mol. The van der Waals surface area contributed by atoms with Gasteiger partial charge in [0.25, 0.3) is 0 Å². The second-order valence-corrected chi connectivity index (χ2v) is 11.6. The number of anilines is 4. The topological polar surface area (TPSA) is 102 Å². The van der Waals surface area contributed by atoms with E-state index in [1.807, 2.05) is 30.3 Å². The van der Waals surface area contributed by atoms with Crippen LogP contribution in [0.4, 0.5) is 32.3 Å². The Labute approximate surface area is 281 Å². The van der Waals surface area contributed by atoms with E-state index in [0.29, 0.717) is 35.5 Å². The zero-order valence-electron chi connectivity index (χ0n) is 28.1. The van der Waals surface area contributed by atoms with E-state index in [1.54, 1.807) is 50.4 Å². The van der Waals surface area contributed by atoms with Gasteiger partial charge in [-0.2, -0.15) is 4.98 Å². The Morgan fingerprint density at radius 3 is 2.40 bits per heavy atom. The largest absolute Gasteiger partial charge is 0.497 e. The highest BCUT2D eigenvalue weighted by Gasteiger charge is 2.27. The zero-order valence-corrected chi connectivity index (χ0v) is 28.1. The SMILES string of the molecule is COc1ccc(N(C(=O)O[C@@H](C)c2ccccc2)c2ccnc(Nc3ccc(OCCN4CCN(C(C)C)CC4)c(F)c3)n2)c(OC)c1. The van der Waals surface area contributed by atoms with Gasteiger partial charge in [0, 0.05) is 68.8 Å². The molecule has 0 saturated carbocycles. The molecule has 1 aromatic heterocycles. The fourth-order valence-electron chi connectivity index (χ4n) is 5.43. The van der Waals surface area contributed by atoms with E-state index in [4.69, 9.17) is 18.9 Å². The van der Waals surface area contributed by atoms with Crippen molar-refractivity contribution in [2.24, 2.45) is 0 Å². The number of hydrogen-bond acceptors (Lipinski definition) is 10. The van der Waals surface area contributed by atoms with Crippen LogP contribution < -0.4 is 24.4 Å². The van der Waals surface area contributed by atoms with E-state index >= 15 is 4.39 Å². The van der Waals surface area contributed by atoms with Crippen LogP contribution in [-0.2, 0) is 4.74 Å². The summed E-state index contributed by atoms with van der Waals surface area (Å²) in [5.74, 6) is 0.916. The highest BCUT2D eigenvalue weighted by atomic mass is 19.1. The van der Waals surface area contributed by atoms with Gasteiger partial charge in [-0.05, 0) is 50.6 Å². The molecule has 12 heteroatoms. The van der Waals surface area contributed by atoms with Gasteiger partial charge >= 0.3 is 6.09 Å². The lowest BCUT2D eigenvalue weighted by molar-refractivity contribution is 0.0965. The maximum atomic E-state index is 15.1. The number of aromatic nitrogens is 2. The number of piperazine rings is 1. The molecule has 2 heterocycles. The number of rotatable bonds is 13. The molecule has 0 unspecified atom stereocenters. The molecule has 4 aromatic rings. The number of methoxy groups -OCH3 is 2. The summed E-state index contributed by atoms with van der Waals surface area (Å²) in [5, 5.41) is 3.03. The van der Waals surface area contributed by atoms with Gasteiger partial charge in [-0.15, -0.1) is 0 Å². The highest BCUT2D eigenvalue weighted by molar-refractivity contribution is 5.97. The van der Waals surface area contributed by atoms with E-state index in [0.717, 1.165) is 38.3 Å². The van der Waals surface area contributed by atoms with Crippen molar-refractivity contribution >= 4 is 29.2 Å². The molecule has 0 radical (unpaired) electrons. The van der Waals surface area contributed by atoms with Crippen LogP contribution >= 0.6 is 0 Å². The first kappa shape index (κ1) is 34.4. The first-order chi connectivity index (χ1) is 23.2. The second kappa shape index (κ2) is 16.2. The number of ether oxygens (including phenoxy) is 4. The molecule has 1 saturated heterocycles. The third-order valence-electron chi connectivity index (χ3n) is 8.22. The standard InChI is InChI=1S/C36H43FN6O5/c1-25(2)42-19-17-41(18-20-42)21-22-47-32-14-11-28(23-30(32)37)39-35-38-16-15-34(40-35)43(31-13-12-29(45-4)24-33(31)46-5)36(44)48-26(3)27-9-7-6-8-10-27/h6-16,23-26H,17-22H2,1-5H3,(H,38,39,40)/t26-/m0/s1. The number of halogens is 1. The lowest BCUT2D eigenvalue weighted by Crippen LogP contribution is -2.49. The van der Waals surface area contributed by atoms with Crippen molar-refractivity contribution in [3.8, 4) is 17.2 Å². The molecule has 48 heavy (non-hydrogen) atoms. The van der Waals surface area contributed by atoms with E-state index in [1.165, 1.54) is 24.3 Å². The molecule has 1 fully saturated rings. The van der Waals surface area contributed by atoms with Crippen LogP contribution in [0.25, 0.3) is 0 Å². The fourth-order valence-corrected chi connectivity index (χ4v) is 5.43. The van der Waals surface area contributed by atoms with Gasteiger partial charge in [-0.25, -0.2) is 19.1 Å². The van der Waals surface area contributed by atoms with Crippen LogP contribution in [0.2, 0.25) is 0 Å². The predicted octanol–water partition coefficient (Wildman–Crippen LogP) is 6.82. The average Bonchev–Trinajstić information content (AvgIpc) is 3.10. The Morgan fingerprint density at radius 2 is 1.71 bits per heavy atom. The molecule has 11 nitrogen and oxygen atoms in total. The maximum Gasteiger partial charge on any atom is 0.420 e. The Kier molecular flexibility index (Phi) is 11.6. The highest BCUT2D eigenvalue weighted by Crippen LogP contribution is 2.37. The molecule has 3 aromatic carbocycles. The van der Waals surface area contributed by atoms with Crippen molar-refractivity contribution < 1.29 is 28.1 Å². The van der Waals surface area contributed by atoms with E-state index in [2.05, 4.69) is 38.9 Å². The zero-order chi connectivity index (χ0) is 34.0. The summed E-state index contributed by atoms with van der Waals surface area (Å²) < 4.78 is 37.7. The summed E-state index contributed by atoms with van der Waals surface area (Å²) in [5.41, 5.74) is 1.62. The van der Waals surface area contributed by atoms with Crippen LogP contribution in [0.1, 0.15) is 32.4 Å². The molecule has 1 amide bonds. The molecule has 1 aliphatic heterocycles. The van der Waals surface area contributed by atoms with Gasteiger partial charge in [-0.3, -0.25) is 9.80 Å². The van der Waals surface area contributed by atoms with Crippen molar-refractivity contribution in [1.29, 1.82) is 0 Å². The lowest BCUT2D eigenvalue weighted by Gasteiger charge is -2.36. The van der Waals surface area contributed by atoms with Crippen LogP contribution in [0.3, 0.4) is 0 Å². The van der Waals surface area contributed by atoms with Crippen LogP contribution in [0, 0.1) is 5.82 Å². The minimum absolute atomic E-state index is 0.141. The summed E-state index contributed by atoms with van der Waals surface area (Å²) in [6.07, 6.45) is 0.258. The van der Waals surface area contributed by atoms with Gasteiger partial charge in [-0.1, -0.05) is 30.3 Å². The average molecular weight is 659 g/mol. The third-order valence-corrected chi connectivity index (χ3v) is 8.22.